The fourth-order valence-corrected chi connectivity index (χ4v) is 6.04. The van der Waals surface area contributed by atoms with Crippen LogP contribution in [0.15, 0.2) is 23.1 Å². The third-order valence-corrected chi connectivity index (χ3v) is 7.54. The average molecular weight is 365 g/mol. The van der Waals surface area contributed by atoms with Gasteiger partial charge in [0.1, 0.15) is 0 Å². The fraction of sp³-hybridized carbons (Fsp3) is 0.700. The van der Waals surface area contributed by atoms with E-state index in [0.717, 1.165) is 36.4 Å². The second-order valence-electron chi connectivity index (χ2n) is 8.18. The number of aryl methyl sites for hydroxylation is 2. The van der Waals surface area contributed by atoms with Crippen molar-refractivity contribution in [2.75, 3.05) is 32.7 Å². The molecule has 1 aromatic carbocycles. The van der Waals surface area contributed by atoms with E-state index in [2.05, 4.69) is 11.8 Å². The van der Waals surface area contributed by atoms with Crippen molar-refractivity contribution < 1.29 is 8.42 Å². The normalized spacial score (nSPS) is 24.5. The van der Waals surface area contributed by atoms with Crippen LogP contribution in [0.5, 0.6) is 0 Å². The van der Waals surface area contributed by atoms with E-state index in [9.17, 15) is 8.42 Å². The van der Waals surface area contributed by atoms with E-state index in [1.165, 1.54) is 25.9 Å². The first-order valence-corrected chi connectivity index (χ1v) is 11.1. The zero-order valence-electron chi connectivity index (χ0n) is 15.9. The van der Waals surface area contributed by atoms with Gasteiger partial charge < -0.3 is 4.90 Å². The predicted octanol–water partition coefficient (Wildman–Crippen LogP) is 3.44. The lowest BCUT2D eigenvalue weighted by molar-refractivity contribution is 0.136. The molecule has 1 unspecified atom stereocenters. The number of likely N-dealkylation sites (tertiary alicyclic amines) is 1. The first kappa shape index (κ1) is 18.9. The molecule has 140 valence electrons. The standard InChI is InChI=1S/C20H32N2O2S/c1-16-5-4-8-21(14-16)15-19-6-9-22(10-7-19)25(23,24)20-12-17(2)11-18(3)13-20/h11-13,16,19H,4-10,14-15H2,1-3H3. The van der Waals surface area contributed by atoms with E-state index in [1.54, 1.807) is 16.4 Å². The van der Waals surface area contributed by atoms with Crippen LogP contribution in [0.2, 0.25) is 0 Å². The summed E-state index contributed by atoms with van der Waals surface area (Å²) in [5.74, 6) is 1.44. The highest BCUT2D eigenvalue weighted by atomic mass is 32.2. The molecule has 5 heteroatoms. The Kier molecular flexibility index (Phi) is 5.86. The Labute approximate surface area is 153 Å². The zero-order chi connectivity index (χ0) is 18.0. The lowest BCUT2D eigenvalue weighted by Gasteiger charge is -2.37. The van der Waals surface area contributed by atoms with Gasteiger partial charge in [-0.1, -0.05) is 13.0 Å². The minimum atomic E-state index is -3.35. The van der Waals surface area contributed by atoms with Gasteiger partial charge in [-0.05, 0) is 81.2 Å². The molecule has 0 N–H and O–H groups in total. The molecule has 0 bridgehead atoms. The summed E-state index contributed by atoms with van der Waals surface area (Å²) in [4.78, 5) is 3.04. The van der Waals surface area contributed by atoms with Crippen LogP contribution >= 0.6 is 0 Å². The number of hydrogen-bond donors (Lipinski definition) is 0. The largest absolute Gasteiger partial charge is 0.303 e. The van der Waals surface area contributed by atoms with Crippen LogP contribution in [0.3, 0.4) is 0 Å². The van der Waals surface area contributed by atoms with E-state index in [4.69, 9.17) is 0 Å². The molecule has 0 spiro atoms. The van der Waals surface area contributed by atoms with E-state index >= 15 is 0 Å². The van der Waals surface area contributed by atoms with E-state index < -0.39 is 10.0 Å². The maximum Gasteiger partial charge on any atom is 0.243 e. The van der Waals surface area contributed by atoms with Crippen LogP contribution in [0.4, 0.5) is 0 Å². The lowest BCUT2D eigenvalue weighted by Crippen LogP contribution is -2.43. The topological polar surface area (TPSA) is 40.6 Å². The summed E-state index contributed by atoms with van der Waals surface area (Å²) in [6.45, 7) is 11.1. The number of nitrogens with zero attached hydrogens (tertiary/aromatic N) is 2. The Morgan fingerprint density at radius 1 is 1.00 bits per heavy atom. The maximum absolute atomic E-state index is 12.9. The molecule has 0 aliphatic carbocycles. The number of sulfonamides is 1. The number of benzene rings is 1. The summed E-state index contributed by atoms with van der Waals surface area (Å²) in [6.07, 6.45) is 4.62. The first-order chi connectivity index (χ1) is 11.8. The van der Waals surface area contributed by atoms with Crippen LogP contribution in [-0.4, -0.2) is 50.3 Å². The molecule has 0 aromatic heterocycles. The van der Waals surface area contributed by atoms with Gasteiger partial charge >= 0.3 is 0 Å². The molecular formula is C20H32N2O2S. The van der Waals surface area contributed by atoms with Gasteiger partial charge in [0.25, 0.3) is 0 Å². The minimum Gasteiger partial charge on any atom is -0.303 e. The van der Waals surface area contributed by atoms with Gasteiger partial charge in [0.05, 0.1) is 4.90 Å². The van der Waals surface area contributed by atoms with Crippen LogP contribution in [0.25, 0.3) is 0 Å². The minimum absolute atomic E-state index is 0.452. The van der Waals surface area contributed by atoms with Crippen LogP contribution < -0.4 is 0 Å². The molecule has 2 aliphatic heterocycles. The Hall–Kier alpha value is -0.910. The summed E-state index contributed by atoms with van der Waals surface area (Å²) < 4.78 is 27.6. The molecule has 0 saturated carbocycles. The summed E-state index contributed by atoms with van der Waals surface area (Å²) in [5.41, 5.74) is 2.01. The van der Waals surface area contributed by atoms with Crippen molar-refractivity contribution >= 4 is 10.0 Å². The highest BCUT2D eigenvalue weighted by molar-refractivity contribution is 7.89. The van der Waals surface area contributed by atoms with Gasteiger partial charge in [0.2, 0.25) is 10.0 Å². The van der Waals surface area contributed by atoms with Gasteiger partial charge in [-0.2, -0.15) is 4.31 Å². The Bertz CT molecular complexity index is 673. The monoisotopic (exact) mass is 364 g/mol. The molecule has 0 amide bonds. The lowest BCUT2D eigenvalue weighted by atomic mass is 9.94. The van der Waals surface area contributed by atoms with Gasteiger partial charge in [-0.3, -0.25) is 0 Å². The second-order valence-corrected chi connectivity index (χ2v) is 10.1. The first-order valence-electron chi connectivity index (χ1n) is 9.65. The van der Waals surface area contributed by atoms with E-state index in [-0.39, 0.29) is 0 Å². The van der Waals surface area contributed by atoms with Crippen LogP contribution in [-0.2, 0) is 10.0 Å². The molecule has 4 nitrogen and oxygen atoms in total. The highest BCUT2D eigenvalue weighted by Crippen LogP contribution is 2.26. The summed E-state index contributed by atoms with van der Waals surface area (Å²) in [6, 6.07) is 5.61. The maximum atomic E-state index is 12.9. The third-order valence-electron chi connectivity index (χ3n) is 5.66. The van der Waals surface area contributed by atoms with Crippen molar-refractivity contribution in [3.05, 3.63) is 29.3 Å². The van der Waals surface area contributed by atoms with E-state index in [0.29, 0.717) is 23.9 Å². The molecule has 3 rings (SSSR count). The van der Waals surface area contributed by atoms with Crippen molar-refractivity contribution in [1.82, 2.24) is 9.21 Å². The Morgan fingerprint density at radius 3 is 2.24 bits per heavy atom. The predicted molar refractivity (Wildman–Crippen MR) is 102 cm³/mol. The SMILES string of the molecule is Cc1cc(C)cc(S(=O)(=O)N2CCC(CN3CCCC(C)C3)CC2)c1. The molecule has 2 fully saturated rings. The van der Waals surface area contributed by atoms with Crippen molar-refractivity contribution in [2.24, 2.45) is 11.8 Å². The van der Waals surface area contributed by atoms with Gasteiger partial charge in [0, 0.05) is 26.2 Å². The van der Waals surface area contributed by atoms with Gasteiger partial charge in [-0.15, -0.1) is 0 Å². The van der Waals surface area contributed by atoms with Crippen LogP contribution in [0.1, 0.15) is 43.7 Å². The van der Waals surface area contributed by atoms with Crippen molar-refractivity contribution in [3.8, 4) is 0 Å². The average Bonchev–Trinajstić information content (AvgIpc) is 2.54. The molecule has 1 aromatic rings. The molecule has 2 heterocycles. The van der Waals surface area contributed by atoms with Gasteiger partial charge in [-0.25, -0.2) is 8.42 Å². The Morgan fingerprint density at radius 2 is 1.64 bits per heavy atom. The third kappa shape index (κ3) is 4.63. The molecular weight excluding hydrogens is 332 g/mol. The summed E-state index contributed by atoms with van der Waals surface area (Å²) in [5, 5.41) is 0. The quantitative estimate of drug-likeness (QED) is 0.822. The van der Waals surface area contributed by atoms with Gasteiger partial charge in [0.15, 0.2) is 0 Å². The van der Waals surface area contributed by atoms with E-state index in [1.807, 2.05) is 19.9 Å². The van der Waals surface area contributed by atoms with Crippen molar-refractivity contribution in [2.45, 2.75) is 51.3 Å². The van der Waals surface area contributed by atoms with Crippen LogP contribution in [0, 0.1) is 25.7 Å². The summed E-state index contributed by atoms with van der Waals surface area (Å²) >= 11 is 0. The molecule has 2 saturated heterocycles. The zero-order valence-corrected chi connectivity index (χ0v) is 16.7. The molecule has 2 aliphatic rings. The number of rotatable bonds is 4. The number of piperidine rings is 2. The molecule has 25 heavy (non-hydrogen) atoms. The molecule has 1 atom stereocenters. The fourth-order valence-electron chi connectivity index (χ4n) is 4.38. The number of hydrogen-bond acceptors (Lipinski definition) is 3. The smallest absolute Gasteiger partial charge is 0.243 e. The summed E-state index contributed by atoms with van der Waals surface area (Å²) in [7, 11) is -3.35. The second kappa shape index (κ2) is 7.77. The van der Waals surface area contributed by atoms with Crippen molar-refractivity contribution in [3.63, 3.8) is 0 Å². The highest BCUT2D eigenvalue weighted by Gasteiger charge is 2.30. The molecule has 0 radical (unpaired) electrons. The Balaban J connectivity index is 1.59. The van der Waals surface area contributed by atoms with Crippen molar-refractivity contribution in [1.29, 1.82) is 0 Å².